The average molecular weight is 409 g/mol. The van der Waals surface area contributed by atoms with Crippen molar-refractivity contribution in [1.82, 2.24) is 4.90 Å². The molecule has 30 heavy (non-hydrogen) atoms. The minimum absolute atomic E-state index is 0.0438. The Kier molecular flexibility index (Phi) is 5.57. The zero-order chi connectivity index (χ0) is 21.3. The monoisotopic (exact) mass is 409 g/mol. The van der Waals surface area contributed by atoms with E-state index in [2.05, 4.69) is 0 Å². The summed E-state index contributed by atoms with van der Waals surface area (Å²) >= 11 is 0. The van der Waals surface area contributed by atoms with Crippen LogP contribution in [0.2, 0.25) is 0 Å². The third-order valence-corrected chi connectivity index (χ3v) is 6.00. The van der Waals surface area contributed by atoms with Crippen LogP contribution in [-0.2, 0) is 9.59 Å². The lowest BCUT2D eigenvalue weighted by molar-refractivity contribution is -0.141. The van der Waals surface area contributed by atoms with E-state index in [4.69, 9.17) is 4.74 Å². The van der Waals surface area contributed by atoms with Crippen molar-refractivity contribution in [3.63, 3.8) is 0 Å². The molecule has 1 unspecified atom stereocenters. The van der Waals surface area contributed by atoms with Gasteiger partial charge in [0, 0.05) is 11.6 Å². The van der Waals surface area contributed by atoms with Crippen LogP contribution in [0.5, 0.6) is 5.75 Å². The van der Waals surface area contributed by atoms with Crippen molar-refractivity contribution >= 4 is 17.4 Å². The van der Waals surface area contributed by atoms with E-state index in [9.17, 15) is 19.1 Å². The first-order valence-electron chi connectivity index (χ1n) is 10.2. The SMILES string of the molecule is COc1ccc(C2/C(=C(/O)c3ccc(F)cc3)C(=O)C(=O)N2C2CCCCC2)cc1. The van der Waals surface area contributed by atoms with Crippen LogP contribution in [0.4, 0.5) is 4.39 Å². The van der Waals surface area contributed by atoms with Gasteiger partial charge in [0.05, 0.1) is 18.7 Å². The van der Waals surface area contributed by atoms with Gasteiger partial charge in [-0.15, -0.1) is 0 Å². The fraction of sp³-hybridized carbons (Fsp3) is 0.333. The highest BCUT2D eigenvalue weighted by molar-refractivity contribution is 6.46. The minimum atomic E-state index is -0.705. The van der Waals surface area contributed by atoms with Crippen LogP contribution in [-0.4, -0.2) is 34.8 Å². The highest BCUT2D eigenvalue weighted by atomic mass is 19.1. The minimum Gasteiger partial charge on any atom is -0.507 e. The summed E-state index contributed by atoms with van der Waals surface area (Å²) in [6, 6.07) is 11.7. The first-order chi connectivity index (χ1) is 14.5. The predicted octanol–water partition coefficient (Wildman–Crippen LogP) is 4.59. The molecule has 0 spiro atoms. The summed E-state index contributed by atoms with van der Waals surface area (Å²) in [4.78, 5) is 27.7. The molecule has 2 aromatic rings. The van der Waals surface area contributed by atoms with Gasteiger partial charge in [0.1, 0.15) is 17.3 Å². The molecule has 1 saturated heterocycles. The Balaban J connectivity index is 1.85. The average Bonchev–Trinajstić information content (AvgIpc) is 3.05. The van der Waals surface area contributed by atoms with Crippen molar-refractivity contribution in [3.8, 4) is 5.75 Å². The maximum absolute atomic E-state index is 13.3. The molecule has 1 atom stereocenters. The van der Waals surface area contributed by atoms with Crippen LogP contribution >= 0.6 is 0 Å². The number of carbonyl (C=O) groups excluding carboxylic acids is 2. The molecule has 6 heteroatoms. The molecule has 0 bridgehead atoms. The van der Waals surface area contributed by atoms with Crippen LogP contribution in [0.25, 0.3) is 5.76 Å². The van der Waals surface area contributed by atoms with Gasteiger partial charge in [0.25, 0.3) is 11.7 Å². The summed E-state index contributed by atoms with van der Waals surface area (Å²) in [6.45, 7) is 0. The Hall–Kier alpha value is -3.15. The van der Waals surface area contributed by atoms with Gasteiger partial charge in [-0.2, -0.15) is 0 Å². The van der Waals surface area contributed by atoms with Gasteiger partial charge in [-0.1, -0.05) is 31.4 Å². The number of Topliss-reactive ketones (excluding diaryl/α,β-unsaturated/α-hetero) is 1. The molecular formula is C24H24FNO4. The summed E-state index contributed by atoms with van der Waals surface area (Å²) in [5.41, 5.74) is 1.07. The van der Waals surface area contributed by atoms with Crippen molar-refractivity contribution < 1.29 is 23.8 Å². The fourth-order valence-electron chi connectivity index (χ4n) is 4.46. The molecule has 2 aromatic carbocycles. The van der Waals surface area contributed by atoms with Crippen LogP contribution in [0.3, 0.4) is 0 Å². The van der Waals surface area contributed by atoms with Crippen molar-refractivity contribution in [1.29, 1.82) is 0 Å². The molecule has 2 fully saturated rings. The second-order valence-electron chi connectivity index (χ2n) is 7.78. The molecule has 1 aliphatic carbocycles. The number of ether oxygens (including phenoxy) is 1. The second kappa shape index (κ2) is 8.30. The summed E-state index contributed by atoms with van der Waals surface area (Å²) in [6.07, 6.45) is 4.78. The van der Waals surface area contributed by atoms with E-state index in [0.717, 1.165) is 37.7 Å². The third-order valence-electron chi connectivity index (χ3n) is 6.00. The molecule has 2 aliphatic rings. The van der Waals surface area contributed by atoms with Crippen LogP contribution in [0.1, 0.15) is 49.3 Å². The van der Waals surface area contributed by atoms with E-state index in [1.165, 1.54) is 24.3 Å². The predicted molar refractivity (Wildman–Crippen MR) is 110 cm³/mol. The lowest BCUT2D eigenvalue weighted by Crippen LogP contribution is -2.40. The Morgan fingerprint density at radius 3 is 2.23 bits per heavy atom. The van der Waals surface area contributed by atoms with Gasteiger partial charge >= 0.3 is 0 Å². The molecule has 1 saturated carbocycles. The Morgan fingerprint density at radius 2 is 1.63 bits per heavy atom. The van der Waals surface area contributed by atoms with E-state index < -0.39 is 23.5 Å². The molecule has 1 heterocycles. The van der Waals surface area contributed by atoms with E-state index in [1.54, 1.807) is 24.1 Å². The number of nitrogens with zero attached hydrogens (tertiary/aromatic N) is 1. The molecule has 4 rings (SSSR count). The van der Waals surface area contributed by atoms with Crippen LogP contribution in [0, 0.1) is 5.82 Å². The number of likely N-dealkylation sites (tertiary alicyclic amines) is 1. The largest absolute Gasteiger partial charge is 0.507 e. The van der Waals surface area contributed by atoms with Crippen molar-refractivity contribution in [2.75, 3.05) is 7.11 Å². The first-order valence-corrected chi connectivity index (χ1v) is 10.2. The van der Waals surface area contributed by atoms with E-state index in [1.807, 2.05) is 12.1 Å². The number of benzene rings is 2. The number of amides is 1. The maximum atomic E-state index is 13.3. The molecule has 0 aromatic heterocycles. The van der Waals surface area contributed by atoms with Crippen LogP contribution < -0.4 is 4.74 Å². The molecule has 156 valence electrons. The normalized spacial score (nSPS) is 21.8. The quantitative estimate of drug-likeness (QED) is 0.456. The zero-order valence-electron chi connectivity index (χ0n) is 16.8. The number of rotatable bonds is 4. The number of carbonyl (C=O) groups is 2. The van der Waals surface area contributed by atoms with Crippen molar-refractivity contribution in [3.05, 3.63) is 71.0 Å². The molecule has 1 N–H and O–H groups in total. The van der Waals surface area contributed by atoms with Crippen molar-refractivity contribution in [2.24, 2.45) is 0 Å². The van der Waals surface area contributed by atoms with Gasteiger partial charge in [-0.05, 0) is 54.8 Å². The fourth-order valence-corrected chi connectivity index (χ4v) is 4.46. The molecule has 1 amide bonds. The number of methoxy groups -OCH3 is 1. The van der Waals surface area contributed by atoms with Crippen LogP contribution in [0.15, 0.2) is 54.1 Å². The van der Waals surface area contributed by atoms with Crippen molar-refractivity contribution in [2.45, 2.75) is 44.2 Å². The Bertz CT molecular complexity index is 975. The summed E-state index contributed by atoms with van der Waals surface area (Å²) in [7, 11) is 1.57. The topological polar surface area (TPSA) is 66.8 Å². The lowest BCUT2D eigenvalue weighted by Gasteiger charge is -2.35. The number of halogens is 1. The Labute approximate surface area is 174 Å². The van der Waals surface area contributed by atoms with Gasteiger partial charge in [-0.3, -0.25) is 9.59 Å². The molecular weight excluding hydrogens is 385 g/mol. The second-order valence-corrected chi connectivity index (χ2v) is 7.78. The van der Waals surface area contributed by atoms with Gasteiger partial charge in [-0.25, -0.2) is 4.39 Å². The summed E-state index contributed by atoms with van der Waals surface area (Å²) in [5, 5.41) is 11.0. The smallest absolute Gasteiger partial charge is 0.295 e. The highest BCUT2D eigenvalue weighted by Gasteiger charge is 2.48. The van der Waals surface area contributed by atoms with E-state index in [0.29, 0.717) is 11.3 Å². The molecule has 0 radical (unpaired) electrons. The summed E-state index contributed by atoms with van der Waals surface area (Å²) in [5.74, 6) is -1.37. The molecule has 1 aliphatic heterocycles. The number of hydrogen-bond donors (Lipinski definition) is 1. The third kappa shape index (κ3) is 3.58. The van der Waals surface area contributed by atoms with E-state index >= 15 is 0 Å². The Morgan fingerprint density at radius 1 is 1.00 bits per heavy atom. The zero-order valence-corrected chi connectivity index (χ0v) is 16.8. The summed E-state index contributed by atoms with van der Waals surface area (Å²) < 4.78 is 18.6. The number of aliphatic hydroxyl groups excluding tert-OH is 1. The highest BCUT2D eigenvalue weighted by Crippen LogP contribution is 2.43. The van der Waals surface area contributed by atoms with E-state index in [-0.39, 0.29) is 17.4 Å². The first kappa shape index (κ1) is 20.1. The maximum Gasteiger partial charge on any atom is 0.295 e. The van der Waals surface area contributed by atoms with Gasteiger partial charge in [0.2, 0.25) is 0 Å². The molecule has 5 nitrogen and oxygen atoms in total. The number of hydrogen-bond acceptors (Lipinski definition) is 4. The number of ketones is 1. The lowest BCUT2D eigenvalue weighted by atomic mass is 9.91. The van der Waals surface area contributed by atoms with Gasteiger partial charge < -0.3 is 14.7 Å². The number of aliphatic hydroxyl groups is 1. The standard InChI is InChI=1S/C24H24FNO4/c1-30-19-13-9-15(10-14-19)21-20(22(27)16-7-11-17(25)12-8-16)23(28)24(29)26(21)18-5-3-2-4-6-18/h7-14,18,21,27H,2-6H2,1H3/b22-20-. The van der Waals surface area contributed by atoms with Gasteiger partial charge in [0.15, 0.2) is 0 Å².